The van der Waals surface area contributed by atoms with E-state index >= 15 is 0 Å². The quantitative estimate of drug-likeness (QED) is 0.882. The van der Waals surface area contributed by atoms with E-state index in [9.17, 15) is 9.18 Å². The van der Waals surface area contributed by atoms with Crippen LogP contribution >= 0.6 is 15.9 Å². The molecule has 19 heavy (non-hydrogen) atoms. The highest BCUT2D eigenvalue weighted by Gasteiger charge is 2.12. The van der Waals surface area contributed by atoms with Crippen LogP contribution in [-0.4, -0.2) is 10.5 Å². The highest BCUT2D eigenvalue weighted by Crippen LogP contribution is 2.18. The van der Waals surface area contributed by atoms with Gasteiger partial charge in [0.15, 0.2) is 0 Å². The summed E-state index contributed by atoms with van der Waals surface area (Å²) in [6.07, 6.45) is 1.63. The van der Waals surface area contributed by atoms with E-state index < -0.39 is 5.97 Å². The lowest BCUT2D eigenvalue weighted by Gasteiger charge is -2.06. The number of esters is 1. The fourth-order valence-corrected chi connectivity index (χ4v) is 2.07. The highest BCUT2D eigenvalue weighted by molar-refractivity contribution is 9.10. The number of hydrogen-bond donors (Lipinski definition) is 1. The third-order valence-electron chi connectivity index (χ3n) is 2.59. The molecule has 0 amide bonds. The van der Waals surface area contributed by atoms with Gasteiger partial charge in [-0.3, -0.25) is 0 Å². The van der Waals surface area contributed by atoms with Crippen LogP contribution in [0, 0.1) is 5.82 Å². The number of carbonyl (C=O) groups excluding carboxylic acids is 1. The molecule has 0 spiro atoms. The number of anilines is 1. The Hall–Kier alpha value is -1.82. The van der Waals surface area contributed by atoms with Crippen LogP contribution in [0.4, 0.5) is 10.1 Å². The molecule has 0 aliphatic heterocycles. The molecule has 2 rings (SSSR count). The molecule has 1 aromatic carbocycles. The van der Waals surface area contributed by atoms with Gasteiger partial charge in [0.1, 0.15) is 18.1 Å². The zero-order valence-electron chi connectivity index (χ0n) is 10.2. The Kier molecular flexibility index (Phi) is 3.90. The molecule has 0 fully saturated rings. The van der Waals surface area contributed by atoms with Crippen molar-refractivity contribution < 1.29 is 13.9 Å². The van der Waals surface area contributed by atoms with Crippen molar-refractivity contribution in [1.82, 2.24) is 4.57 Å². The molecule has 0 saturated carbocycles. The van der Waals surface area contributed by atoms with Crippen LogP contribution in [0.5, 0.6) is 0 Å². The van der Waals surface area contributed by atoms with Gasteiger partial charge in [-0.2, -0.15) is 0 Å². The maximum atomic E-state index is 13.0. The summed E-state index contributed by atoms with van der Waals surface area (Å²) in [4.78, 5) is 11.8. The minimum absolute atomic E-state index is 0.0722. The second kappa shape index (κ2) is 5.44. The van der Waals surface area contributed by atoms with E-state index in [1.807, 2.05) is 0 Å². The molecule has 1 heterocycles. The van der Waals surface area contributed by atoms with Crippen LogP contribution < -0.4 is 5.73 Å². The molecular weight excluding hydrogens is 315 g/mol. The first-order valence-corrected chi connectivity index (χ1v) is 6.29. The molecule has 4 nitrogen and oxygen atoms in total. The Morgan fingerprint density at radius 1 is 1.47 bits per heavy atom. The Labute approximate surface area is 118 Å². The van der Waals surface area contributed by atoms with Crippen LogP contribution in [0.3, 0.4) is 0 Å². The van der Waals surface area contributed by atoms with Crippen molar-refractivity contribution in [2.45, 2.75) is 6.61 Å². The van der Waals surface area contributed by atoms with Crippen LogP contribution in [0.15, 0.2) is 34.9 Å². The number of hydrogen-bond acceptors (Lipinski definition) is 3. The van der Waals surface area contributed by atoms with E-state index in [1.165, 1.54) is 6.07 Å². The Balaban J connectivity index is 2.04. The first-order chi connectivity index (χ1) is 8.97. The van der Waals surface area contributed by atoms with E-state index in [0.717, 1.165) is 0 Å². The van der Waals surface area contributed by atoms with Gasteiger partial charge in [-0.05, 0) is 39.7 Å². The first-order valence-electron chi connectivity index (χ1n) is 5.50. The third kappa shape index (κ3) is 3.14. The summed E-state index contributed by atoms with van der Waals surface area (Å²) in [5, 5.41) is 0. The van der Waals surface area contributed by atoms with E-state index in [-0.39, 0.29) is 12.4 Å². The molecule has 2 N–H and O–H groups in total. The van der Waals surface area contributed by atoms with Gasteiger partial charge in [0, 0.05) is 13.2 Å². The van der Waals surface area contributed by atoms with Gasteiger partial charge in [0.2, 0.25) is 0 Å². The van der Waals surface area contributed by atoms with Gasteiger partial charge >= 0.3 is 5.97 Å². The van der Waals surface area contributed by atoms with Gasteiger partial charge in [0.05, 0.1) is 10.2 Å². The number of ether oxygens (including phenoxy) is 1. The summed E-state index contributed by atoms with van der Waals surface area (Å²) in [6, 6.07) is 5.99. The van der Waals surface area contributed by atoms with Crippen molar-refractivity contribution in [3.05, 3.63) is 52.0 Å². The average Bonchev–Trinajstić information content (AvgIpc) is 2.70. The number of aryl methyl sites for hydroxylation is 1. The number of nitrogens with zero attached hydrogens (tertiary/aromatic N) is 1. The summed E-state index contributed by atoms with van der Waals surface area (Å²) in [7, 11) is 1.71. The van der Waals surface area contributed by atoms with Gasteiger partial charge < -0.3 is 15.0 Å². The summed E-state index contributed by atoms with van der Waals surface area (Å²) >= 11 is 3.08. The van der Waals surface area contributed by atoms with Crippen molar-refractivity contribution in [3.63, 3.8) is 0 Å². The topological polar surface area (TPSA) is 57.2 Å². The number of nitrogen functional groups attached to an aromatic ring is 1. The van der Waals surface area contributed by atoms with E-state index in [0.29, 0.717) is 21.4 Å². The largest absolute Gasteiger partial charge is 0.456 e. The van der Waals surface area contributed by atoms with Gasteiger partial charge in [0.25, 0.3) is 0 Å². The van der Waals surface area contributed by atoms with Crippen molar-refractivity contribution in [2.75, 3.05) is 5.73 Å². The number of rotatable bonds is 3. The molecule has 0 bridgehead atoms. The number of nitrogens with two attached hydrogens (primary N) is 1. The molecular formula is C13H12BrFN2O2. The molecule has 0 radical (unpaired) electrons. The van der Waals surface area contributed by atoms with Crippen molar-refractivity contribution in [3.8, 4) is 0 Å². The van der Waals surface area contributed by atoms with Crippen molar-refractivity contribution in [2.24, 2.45) is 7.05 Å². The summed E-state index contributed by atoms with van der Waals surface area (Å²) in [6.45, 7) is 0.0722. The van der Waals surface area contributed by atoms with Crippen molar-refractivity contribution in [1.29, 1.82) is 0 Å². The molecule has 6 heteroatoms. The molecule has 2 aromatic rings. The van der Waals surface area contributed by atoms with Gasteiger partial charge in [-0.25, -0.2) is 9.18 Å². The molecule has 1 aromatic heterocycles. The predicted octanol–water partition coefficient (Wildman–Crippen LogP) is 2.87. The zero-order chi connectivity index (χ0) is 14.0. The predicted molar refractivity (Wildman–Crippen MR) is 73.0 cm³/mol. The Morgan fingerprint density at radius 2 is 2.21 bits per heavy atom. The summed E-state index contributed by atoms with van der Waals surface area (Å²) in [5.74, 6) is -0.829. The molecule has 0 saturated heterocycles. The lowest BCUT2D eigenvalue weighted by Crippen LogP contribution is -2.09. The lowest BCUT2D eigenvalue weighted by molar-refractivity contribution is 0.0461. The van der Waals surface area contributed by atoms with E-state index in [1.54, 1.807) is 36.0 Å². The Bertz CT molecular complexity index is 625. The van der Waals surface area contributed by atoms with Crippen molar-refractivity contribution >= 4 is 27.6 Å². The second-order valence-corrected chi connectivity index (χ2v) is 4.95. The number of aromatic nitrogens is 1. The average molecular weight is 327 g/mol. The Morgan fingerprint density at radius 3 is 2.79 bits per heavy atom. The molecule has 0 aliphatic rings. The fraction of sp³-hybridized carbons (Fsp3) is 0.154. The lowest BCUT2D eigenvalue weighted by atomic mass is 10.2. The molecule has 0 atom stereocenters. The van der Waals surface area contributed by atoms with Crippen LogP contribution in [0.1, 0.15) is 16.1 Å². The second-order valence-electron chi connectivity index (χ2n) is 4.09. The van der Waals surface area contributed by atoms with Gasteiger partial charge in [-0.15, -0.1) is 0 Å². The highest BCUT2D eigenvalue weighted by atomic mass is 79.9. The van der Waals surface area contributed by atoms with Crippen LogP contribution in [-0.2, 0) is 18.4 Å². The maximum absolute atomic E-state index is 13.0. The first kappa shape index (κ1) is 13.6. The molecule has 100 valence electrons. The maximum Gasteiger partial charge on any atom is 0.355 e. The van der Waals surface area contributed by atoms with E-state index in [4.69, 9.17) is 10.5 Å². The monoisotopic (exact) mass is 326 g/mol. The normalized spacial score (nSPS) is 10.5. The van der Waals surface area contributed by atoms with Crippen LogP contribution in [0.2, 0.25) is 0 Å². The molecule has 0 aliphatic carbocycles. The standard InChI is InChI=1S/C13H12BrFN2O2/c1-17-6-9(16)5-12(17)13(18)19-7-8-2-3-11(15)10(14)4-8/h2-6H,7,16H2,1H3. The summed E-state index contributed by atoms with van der Waals surface area (Å²) in [5.41, 5.74) is 7.16. The number of carbonyl (C=O) groups is 1. The minimum atomic E-state index is -0.473. The zero-order valence-corrected chi connectivity index (χ0v) is 11.8. The molecule has 0 unspecified atom stereocenters. The van der Waals surface area contributed by atoms with E-state index in [2.05, 4.69) is 15.9 Å². The third-order valence-corrected chi connectivity index (χ3v) is 3.20. The summed E-state index contributed by atoms with van der Waals surface area (Å²) < 4.78 is 20.1. The SMILES string of the molecule is Cn1cc(N)cc1C(=O)OCc1ccc(F)c(Br)c1. The number of halogens is 2. The number of benzene rings is 1. The smallest absolute Gasteiger partial charge is 0.355 e. The minimum Gasteiger partial charge on any atom is -0.456 e. The van der Waals surface area contributed by atoms with Crippen LogP contribution in [0.25, 0.3) is 0 Å². The fourth-order valence-electron chi connectivity index (χ4n) is 1.65. The van der Waals surface area contributed by atoms with Gasteiger partial charge in [-0.1, -0.05) is 6.07 Å².